The van der Waals surface area contributed by atoms with Gasteiger partial charge in [-0.15, -0.1) is 0 Å². The summed E-state index contributed by atoms with van der Waals surface area (Å²) < 4.78 is 7.73. The molecule has 1 saturated heterocycles. The third-order valence-electron chi connectivity index (χ3n) is 5.15. The lowest BCUT2D eigenvalue weighted by molar-refractivity contribution is 0.122. The van der Waals surface area contributed by atoms with Gasteiger partial charge in [0.2, 0.25) is 0 Å². The number of rotatable bonds is 5. The number of ether oxygens (including phenoxy) is 1. The number of nitrogens with zero attached hydrogens (tertiary/aromatic N) is 5. The van der Waals surface area contributed by atoms with Crippen molar-refractivity contribution in [2.24, 2.45) is 0 Å². The van der Waals surface area contributed by atoms with Crippen LogP contribution in [0.2, 0.25) is 5.15 Å². The Morgan fingerprint density at radius 2 is 1.96 bits per heavy atom. The van der Waals surface area contributed by atoms with Crippen molar-refractivity contribution in [2.75, 3.05) is 31.2 Å². The van der Waals surface area contributed by atoms with E-state index in [1.165, 1.54) is 0 Å². The normalized spacial score (nSPS) is 15.2. The van der Waals surface area contributed by atoms with Crippen molar-refractivity contribution in [3.8, 4) is 10.7 Å². The van der Waals surface area contributed by atoms with E-state index in [9.17, 15) is 0 Å². The number of aryl methyl sites for hydroxylation is 1. The lowest BCUT2D eigenvalue weighted by atomic mass is 10.2. The van der Waals surface area contributed by atoms with Crippen LogP contribution in [0.5, 0.6) is 0 Å². The molecule has 0 spiro atoms. The first-order valence-electron chi connectivity index (χ1n) is 9.45. The van der Waals surface area contributed by atoms with Crippen LogP contribution in [-0.4, -0.2) is 45.8 Å². The zero-order chi connectivity index (χ0) is 19.0. The predicted molar refractivity (Wildman–Crippen MR) is 111 cm³/mol. The third kappa shape index (κ3) is 3.44. The largest absolute Gasteiger partial charge is 0.378 e. The Labute approximate surface area is 168 Å². The van der Waals surface area contributed by atoms with E-state index in [0.29, 0.717) is 17.0 Å². The Morgan fingerprint density at radius 1 is 1.22 bits per heavy atom. The van der Waals surface area contributed by atoms with Gasteiger partial charge in [-0.05, 0) is 25.3 Å². The van der Waals surface area contributed by atoms with Crippen LogP contribution in [-0.2, 0) is 4.74 Å². The Morgan fingerprint density at radius 3 is 2.67 bits per heavy atom. The van der Waals surface area contributed by atoms with E-state index in [4.69, 9.17) is 21.3 Å². The molecule has 27 heavy (non-hydrogen) atoms. The number of halogens is 1. The number of aromatic nitrogens is 4. The second kappa shape index (κ2) is 7.73. The van der Waals surface area contributed by atoms with Gasteiger partial charge in [-0.2, -0.15) is 0 Å². The monoisotopic (exact) mass is 405 g/mol. The van der Waals surface area contributed by atoms with Crippen molar-refractivity contribution in [1.29, 1.82) is 0 Å². The van der Waals surface area contributed by atoms with Gasteiger partial charge in [0.15, 0.2) is 16.1 Å². The maximum Gasteiger partial charge on any atom is 0.187 e. The summed E-state index contributed by atoms with van der Waals surface area (Å²) in [5.74, 6) is 0.648. The highest BCUT2D eigenvalue weighted by Gasteiger charge is 2.21. The van der Waals surface area contributed by atoms with Crippen molar-refractivity contribution >= 4 is 39.1 Å². The summed E-state index contributed by atoms with van der Waals surface area (Å²) in [5, 5.41) is 1.38. The topological polar surface area (TPSA) is 56.1 Å². The summed E-state index contributed by atoms with van der Waals surface area (Å²) >= 11 is 8.00. The van der Waals surface area contributed by atoms with Crippen molar-refractivity contribution in [3.05, 3.63) is 23.1 Å². The quantitative estimate of drug-likeness (QED) is 0.615. The van der Waals surface area contributed by atoms with E-state index in [1.54, 1.807) is 11.3 Å². The second-order valence-electron chi connectivity index (χ2n) is 6.83. The summed E-state index contributed by atoms with van der Waals surface area (Å²) in [6.07, 6.45) is 6.29. The van der Waals surface area contributed by atoms with Crippen LogP contribution in [0.15, 0.2) is 12.4 Å². The average molecular weight is 406 g/mol. The number of thiazole rings is 1. The molecular weight excluding hydrogens is 382 g/mol. The number of morpholine rings is 1. The van der Waals surface area contributed by atoms with Gasteiger partial charge in [0.05, 0.1) is 30.4 Å². The molecule has 0 aromatic carbocycles. The van der Waals surface area contributed by atoms with Crippen molar-refractivity contribution in [1.82, 2.24) is 19.5 Å². The number of anilines is 1. The first-order valence-corrected chi connectivity index (χ1v) is 10.6. The molecule has 1 aliphatic heterocycles. The molecule has 0 atom stereocenters. The van der Waals surface area contributed by atoms with Crippen LogP contribution in [0.1, 0.15) is 38.3 Å². The molecular formula is C19H24ClN5OS. The van der Waals surface area contributed by atoms with E-state index in [1.807, 2.05) is 6.20 Å². The van der Waals surface area contributed by atoms with E-state index < -0.39 is 0 Å². The van der Waals surface area contributed by atoms with Crippen molar-refractivity contribution < 1.29 is 4.74 Å². The molecule has 0 aliphatic carbocycles. The smallest absolute Gasteiger partial charge is 0.187 e. The van der Waals surface area contributed by atoms with E-state index in [0.717, 1.165) is 65.8 Å². The standard InChI is InChI=1S/C19H24ClN5OS/c1-4-13(5-2)25-11-12(3)15-14(25)10-21-18(22-15)16-17(20)23-19(27-16)24-6-8-26-9-7-24/h10-11,13H,4-9H2,1-3H3. The maximum absolute atomic E-state index is 6.45. The molecule has 0 N–H and O–H groups in total. The van der Waals surface area contributed by atoms with Crippen LogP contribution < -0.4 is 4.90 Å². The van der Waals surface area contributed by atoms with Crippen molar-refractivity contribution in [2.45, 2.75) is 39.7 Å². The van der Waals surface area contributed by atoms with E-state index >= 15 is 0 Å². The first-order chi connectivity index (χ1) is 13.1. The Kier molecular flexibility index (Phi) is 5.34. The van der Waals surface area contributed by atoms with Gasteiger partial charge < -0.3 is 14.2 Å². The summed E-state index contributed by atoms with van der Waals surface area (Å²) in [6.45, 7) is 9.64. The molecule has 1 aliphatic rings. The highest BCUT2D eigenvalue weighted by Crippen LogP contribution is 2.37. The fourth-order valence-corrected chi connectivity index (χ4v) is 4.89. The van der Waals surface area contributed by atoms with Gasteiger partial charge in [0.1, 0.15) is 4.88 Å². The molecule has 8 heteroatoms. The molecule has 1 fully saturated rings. The maximum atomic E-state index is 6.45. The minimum Gasteiger partial charge on any atom is -0.378 e. The van der Waals surface area contributed by atoms with Gasteiger partial charge in [-0.1, -0.05) is 36.8 Å². The minimum absolute atomic E-state index is 0.468. The molecule has 4 rings (SSSR count). The van der Waals surface area contributed by atoms with Gasteiger partial charge in [0.25, 0.3) is 0 Å². The summed E-state index contributed by atoms with van der Waals surface area (Å²) in [4.78, 5) is 17.1. The Balaban J connectivity index is 1.72. The fraction of sp³-hybridized carbons (Fsp3) is 0.526. The predicted octanol–water partition coefficient (Wildman–Crippen LogP) is 4.71. The zero-order valence-electron chi connectivity index (χ0n) is 15.9. The van der Waals surface area contributed by atoms with Crippen LogP contribution in [0.3, 0.4) is 0 Å². The molecule has 0 saturated carbocycles. The van der Waals surface area contributed by atoms with E-state index in [2.05, 4.69) is 46.4 Å². The minimum atomic E-state index is 0.468. The number of fused-ring (bicyclic) bond motifs is 1. The molecule has 0 bridgehead atoms. The van der Waals surface area contributed by atoms with E-state index in [-0.39, 0.29) is 0 Å². The SMILES string of the molecule is CCC(CC)n1cc(C)c2nc(-c3sc(N4CCOCC4)nc3Cl)ncc21. The highest BCUT2D eigenvalue weighted by molar-refractivity contribution is 7.19. The van der Waals surface area contributed by atoms with Gasteiger partial charge in [0, 0.05) is 25.3 Å². The Hall–Kier alpha value is -1.70. The first kappa shape index (κ1) is 18.7. The van der Waals surface area contributed by atoms with Gasteiger partial charge >= 0.3 is 0 Å². The molecule has 3 aromatic rings. The van der Waals surface area contributed by atoms with Gasteiger partial charge in [-0.3, -0.25) is 0 Å². The van der Waals surface area contributed by atoms with Crippen LogP contribution in [0.4, 0.5) is 5.13 Å². The molecule has 144 valence electrons. The highest BCUT2D eigenvalue weighted by atomic mass is 35.5. The molecule has 0 amide bonds. The molecule has 0 unspecified atom stereocenters. The van der Waals surface area contributed by atoms with Crippen molar-refractivity contribution in [3.63, 3.8) is 0 Å². The molecule has 4 heterocycles. The zero-order valence-corrected chi connectivity index (χ0v) is 17.5. The third-order valence-corrected chi connectivity index (χ3v) is 6.65. The average Bonchev–Trinajstić information content (AvgIpc) is 3.24. The van der Waals surface area contributed by atoms with Gasteiger partial charge in [-0.25, -0.2) is 15.0 Å². The van der Waals surface area contributed by atoms with Crippen LogP contribution in [0, 0.1) is 6.92 Å². The van der Waals surface area contributed by atoms with Crippen LogP contribution in [0.25, 0.3) is 21.7 Å². The lowest BCUT2D eigenvalue weighted by Gasteiger charge is -2.25. The molecule has 3 aromatic heterocycles. The number of hydrogen-bond donors (Lipinski definition) is 0. The summed E-state index contributed by atoms with van der Waals surface area (Å²) in [6, 6.07) is 0.468. The second-order valence-corrected chi connectivity index (χ2v) is 8.17. The Bertz CT molecular complexity index is 943. The lowest BCUT2D eigenvalue weighted by Crippen LogP contribution is -2.36. The fourth-order valence-electron chi connectivity index (χ4n) is 3.61. The summed E-state index contributed by atoms with van der Waals surface area (Å²) in [5.41, 5.74) is 3.23. The number of hydrogen-bond acceptors (Lipinski definition) is 6. The molecule has 0 radical (unpaired) electrons. The summed E-state index contributed by atoms with van der Waals surface area (Å²) in [7, 11) is 0. The van der Waals surface area contributed by atoms with Crippen LogP contribution >= 0.6 is 22.9 Å². The molecule has 6 nitrogen and oxygen atoms in total.